The fourth-order valence-electron chi connectivity index (χ4n) is 9.45. The Morgan fingerprint density at radius 1 is 0.493 bits per heavy atom. The summed E-state index contributed by atoms with van der Waals surface area (Å²) in [6, 6.07) is -0.795. The van der Waals surface area contributed by atoms with Crippen molar-refractivity contribution < 1.29 is 32.9 Å². The largest absolute Gasteiger partial charge is 0.756 e. The summed E-state index contributed by atoms with van der Waals surface area (Å²) in [7, 11) is 1.32. The van der Waals surface area contributed by atoms with Gasteiger partial charge in [-0.3, -0.25) is 9.36 Å². The molecule has 0 aliphatic rings. The van der Waals surface area contributed by atoms with E-state index >= 15 is 0 Å². The van der Waals surface area contributed by atoms with E-state index in [0.717, 1.165) is 38.5 Å². The number of unbranched alkanes of at least 4 members (excludes halogenated alkanes) is 42. The summed E-state index contributed by atoms with van der Waals surface area (Å²) in [5.74, 6) is -0.159. The lowest BCUT2D eigenvalue weighted by molar-refractivity contribution is -0.870. The fourth-order valence-corrected chi connectivity index (χ4v) is 10.2. The number of carbonyl (C=O) groups excluding carboxylic acids is 1. The van der Waals surface area contributed by atoms with Gasteiger partial charge in [-0.25, -0.2) is 0 Å². The number of hydrogen-bond acceptors (Lipinski definition) is 6. The average molecular weight is 998 g/mol. The number of amides is 1. The van der Waals surface area contributed by atoms with Gasteiger partial charge in [0.05, 0.1) is 39.9 Å². The number of hydrogen-bond donors (Lipinski definition) is 2. The zero-order valence-electron chi connectivity index (χ0n) is 47.0. The van der Waals surface area contributed by atoms with Crippen LogP contribution in [0, 0.1) is 0 Å². The van der Waals surface area contributed by atoms with Crippen LogP contribution in [-0.2, 0) is 18.4 Å². The predicted molar refractivity (Wildman–Crippen MR) is 298 cm³/mol. The lowest BCUT2D eigenvalue weighted by Gasteiger charge is -2.30. The topological polar surface area (TPSA) is 108 Å². The Hall–Kier alpha value is -0.760. The van der Waals surface area contributed by atoms with E-state index in [0.29, 0.717) is 23.9 Å². The van der Waals surface area contributed by atoms with Crippen molar-refractivity contribution in [1.82, 2.24) is 5.32 Å². The summed E-state index contributed by atoms with van der Waals surface area (Å²) >= 11 is 0. The highest BCUT2D eigenvalue weighted by molar-refractivity contribution is 7.45. The first-order chi connectivity index (χ1) is 33.5. The third-order valence-electron chi connectivity index (χ3n) is 14.3. The van der Waals surface area contributed by atoms with Gasteiger partial charge >= 0.3 is 0 Å². The average Bonchev–Trinajstić information content (AvgIpc) is 3.31. The number of quaternary nitrogens is 1. The summed E-state index contributed by atoms with van der Waals surface area (Å²) in [5.41, 5.74) is 0. The normalized spacial score (nSPS) is 13.9. The number of rotatable bonds is 57. The van der Waals surface area contributed by atoms with Gasteiger partial charge in [-0.2, -0.15) is 0 Å². The van der Waals surface area contributed by atoms with Gasteiger partial charge < -0.3 is 28.8 Å². The number of carbonyl (C=O) groups is 1. The second-order valence-corrected chi connectivity index (χ2v) is 23.8. The second kappa shape index (κ2) is 52.1. The van der Waals surface area contributed by atoms with Gasteiger partial charge in [0.25, 0.3) is 7.82 Å². The highest BCUT2D eigenvalue weighted by Crippen LogP contribution is 2.38. The van der Waals surface area contributed by atoms with Crippen molar-refractivity contribution in [2.45, 2.75) is 328 Å². The first-order valence-electron chi connectivity index (χ1n) is 30.5. The van der Waals surface area contributed by atoms with Gasteiger partial charge in [-0.1, -0.05) is 283 Å². The summed E-state index contributed by atoms with van der Waals surface area (Å²) in [5, 5.41) is 14.0. The van der Waals surface area contributed by atoms with E-state index in [-0.39, 0.29) is 19.1 Å². The molecule has 0 aromatic rings. The predicted octanol–water partition coefficient (Wildman–Crippen LogP) is 18.0. The maximum Gasteiger partial charge on any atom is 0.268 e. The summed E-state index contributed by atoms with van der Waals surface area (Å²) in [6.07, 6.45) is 64.2. The van der Waals surface area contributed by atoms with E-state index in [1.165, 1.54) is 250 Å². The van der Waals surface area contributed by atoms with E-state index in [1.54, 1.807) is 0 Å². The monoisotopic (exact) mass is 997 g/mol. The van der Waals surface area contributed by atoms with E-state index in [4.69, 9.17) is 9.05 Å². The molecule has 2 N–H and O–H groups in total. The molecular formula is C60H121N2O6P. The standard InChI is InChI=1S/C60H121N2O6P/c1-6-8-10-12-14-16-18-20-21-22-23-24-25-26-27-28-29-30-31-32-33-34-35-36-37-38-39-40-41-42-44-46-48-50-52-54-60(64)61-58(57-68-69(65,66)67-56-55-62(3,4)5)59(63)53-51-49-47-45-43-19-17-15-13-11-9-7-2/h22-23,58-59,63H,6-21,24-57H2,1-5H3,(H-,61,64,65,66)/b23-22-. The molecule has 9 heteroatoms. The number of phosphoric acid groups is 1. The lowest BCUT2D eigenvalue weighted by atomic mass is 10.0. The van der Waals surface area contributed by atoms with Crippen LogP contribution < -0.4 is 10.2 Å². The number of phosphoric ester groups is 1. The molecule has 1 amide bonds. The molecule has 69 heavy (non-hydrogen) atoms. The van der Waals surface area contributed by atoms with Crippen LogP contribution in [0.5, 0.6) is 0 Å². The summed E-state index contributed by atoms with van der Waals surface area (Å²) < 4.78 is 23.4. The van der Waals surface area contributed by atoms with E-state index in [2.05, 4.69) is 31.3 Å². The van der Waals surface area contributed by atoms with Crippen molar-refractivity contribution >= 4 is 13.7 Å². The molecule has 0 radical (unpaired) electrons. The van der Waals surface area contributed by atoms with Crippen LogP contribution >= 0.6 is 7.82 Å². The van der Waals surface area contributed by atoms with Crippen molar-refractivity contribution in [2.24, 2.45) is 0 Å². The van der Waals surface area contributed by atoms with Crippen molar-refractivity contribution in [3.8, 4) is 0 Å². The third-order valence-corrected chi connectivity index (χ3v) is 15.2. The maximum absolute atomic E-state index is 13.0. The van der Waals surface area contributed by atoms with Gasteiger partial charge in [-0.15, -0.1) is 0 Å². The summed E-state index contributed by atoms with van der Waals surface area (Å²) in [4.78, 5) is 25.5. The molecule has 3 unspecified atom stereocenters. The number of aliphatic hydroxyl groups excluding tert-OH is 1. The Bertz CT molecular complexity index is 1130. The minimum atomic E-state index is -4.56. The Kier molecular flexibility index (Phi) is 51.5. The van der Waals surface area contributed by atoms with E-state index < -0.39 is 20.0 Å². The maximum atomic E-state index is 13.0. The van der Waals surface area contributed by atoms with Gasteiger partial charge in [0.2, 0.25) is 5.91 Å². The van der Waals surface area contributed by atoms with Crippen molar-refractivity contribution in [3.63, 3.8) is 0 Å². The van der Waals surface area contributed by atoms with Gasteiger partial charge in [0, 0.05) is 6.42 Å². The zero-order chi connectivity index (χ0) is 50.6. The number of allylic oxidation sites excluding steroid dienone is 2. The molecule has 0 bridgehead atoms. The molecule has 0 saturated carbocycles. The minimum absolute atomic E-state index is 0.0155. The first kappa shape index (κ1) is 68.2. The van der Waals surface area contributed by atoms with Gasteiger partial charge in [-0.05, 0) is 38.5 Å². The molecule has 0 aliphatic heterocycles. The highest BCUT2D eigenvalue weighted by Gasteiger charge is 2.24. The molecule has 0 rings (SSSR count). The summed E-state index contributed by atoms with van der Waals surface area (Å²) in [6.45, 7) is 4.75. The first-order valence-corrected chi connectivity index (χ1v) is 32.0. The van der Waals surface area contributed by atoms with Crippen LogP contribution in [0.3, 0.4) is 0 Å². The number of likely N-dealkylation sites (N-methyl/N-ethyl adjacent to an activating group) is 1. The van der Waals surface area contributed by atoms with Crippen molar-refractivity contribution in [2.75, 3.05) is 40.9 Å². The molecule has 0 aliphatic carbocycles. The van der Waals surface area contributed by atoms with E-state index in [9.17, 15) is 19.4 Å². The Balaban J connectivity index is 3.87. The molecule has 0 saturated heterocycles. The minimum Gasteiger partial charge on any atom is -0.756 e. The van der Waals surface area contributed by atoms with Crippen molar-refractivity contribution in [3.05, 3.63) is 12.2 Å². The lowest BCUT2D eigenvalue weighted by Crippen LogP contribution is -2.46. The number of nitrogens with zero attached hydrogens (tertiary/aromatic N) is 1. The molecule has 412 valence electrons. The van der Waals surface area contributed by atoms with Crippen LogP contribution in [0.2, 0.25) is 0 Å². The molecule has 0 aromatic carbocycles. The molecule has 3 atom stereocenters. The van der Waals surface area contributed by atoms with Crippen LogP contribution in [-0.4, -0.2) is 68.5 Å². The Morgan fingerprint density at radius 2 is 0.797 bits per heavy atom. The van der Waals surface area contributed by atoms with Crippen molar-refractivity contribution in [1.29, 1.82) is 0 Å². The molecule has 8 nitrogen and oxygen atoms in total. The SMILES string of the molecule is CCCCCCCCCC/C=C\CCCCCCCCCCCCCCCCCCCCCCCCCC(=O)NC(COP(=O)([O-])OCC[N+](C)(C)C)C(O)CCCCCCCCCCCCCC. The van der Waals surface area contributed by atoms with Gasteiger partial charge in [0.1, 0.15) is 13.2 Å². The number of aliphatic hydroxyl groups is 1. The third kappa shape index (κ3) is 54.8. The number of nitrogens with one attached hydrogen (secondary N) is 1. The molecule has 0 heterocycles. The fraction of sp³-hybridized carbons (Fsp3) is 0.950. The van der Waals surface area contributed by atoms with Crippen LogP contribution in [0.25, 0.3) is 0 Å². The molecule has 0 fully saturated rings. The van der Waals surface area contributed by atoms with Crippen LogP contribution in [0.15, 0.2) is 12.2 Å². The molecular weight excluding hydrogens is 876 g/mol. The zero-order valence-corrected chi connectivity index (χ0v) is 47.9. The smallest absolute Gasteiger partial charge is 0.268 e. The van der Waals surface area contributed by atoms with E-state index in [1.807, 2.05) is 21.1 Å². The van der Waals surface area contributed by atoms with Gasteiger partial charge in [0.15, 0.2) is 0 Å². The Labute approximate surface area is 431 Å². The molecule has 0 spiro atoms. The Morgan fingerprint density at radius 3 is 1.13 bits per heavy atom. The van der Waals surface area contributed by atoms with Crippen LogP contribution in [0.4, 0.5) is 0 Å². The molecule has 0 aromatic heterocycles. The second-order valence-electron chi connectivity index (χ2n) is 22.4. The highest BCUT2D eigenvalue weighted by atomic mass is 31.2. The van der Waals surface area contributed by atoms with Crippen LogP contribution in [0.1, 0.15) is 316 Å². The quantitative estimate of drug-likeness (QED) is 0.0272.